The minimum absolute atomic E-state index is 0.00977. The number of carbonyl (C=O) groups excluding carboxylic acids is 2. The molecule has 2 N–H and O–H groups in total. The average Bonchev–Trinajstić information content (AvgIpc) is 3.13. The molecule has 0 bridgehead atoms. The second-order valence-corrected chi connectivity index (χ2v) is 7.61. The zero-order valence-corrected chi connectivity index (χ0v) is 18.6. The number of para-hydroxylation sites is 1. The zero-order valence-electron chi connectivity index (χ0n) is 18.6. The van der Waals surface area contributed by atoms with Crippen molar-refractivity contribution in [3.05, 3.63) is 83.4 Å². The molecule has 0 unspecified atom stereocenters. The van der Waals surface area contributed by atoms with Crippen molar-refractivity contribution >= 4 is 34.8 Å². The van der Waals surface area contributed by atoms with E-state index in [-0.39, 0.29) is 17.3 Å². The molecule has 1 aliphatic heterocycles. The van der Waals surface area contributed by atoms with E-state index in [1.165, 1.54) is 12.1 Å². The lowest BCUT2D eigenvalue weighted by atomic mass is 10.0. The highest BCUT2D eigenvalue weighted by Gasteiger charge is 2.30. The first-order valence-electron chi connectivity index (χ1n) is 10.7. The summed E-state index contributed by atoms with van der Waals surface area (Å²) in [6.07, 6.45) is -2.78. The maximum absolute atomic E-state index is 12.9. The highest BCUT2D eigenvalue weighted by molar-refractivity contribution is 6.34. The summed E-state index contributed by atoms with van der Waals surface area (Å²) in [4.78, 5) is 24.6. The molecule has 0 saturated carbocycles. The first-order valence-corrected chi connectivity index (χ1v) is 10.7. The van der Waals surface area contributed by atoms with Gasteiger partial charge in [-0.3, -0.25) is 9.59 Å². The summed E-state index contributed by atoms with van der Waals surface area (Å²) < 4.78 is 49.8. The lowest BCUT2D eigenvalue weighted by Crippen LogP contribution is -2.20. The van der Waals surface area contributed by atoms with Crippen LogP contribution in [-0.2, 0) is 15.8 Å². The van der Waals surface area contributed by atoms with E-state index < -0.39 is 24.3 Å². The van der Waals surface area contributed by atoms with Gasteiger partial charge in [-0.05, 0) is 55.0 Å². The number of nitrogens with one attached hydrogen (secondary N) is 2. The molecule has 0 spiro atoms. The number of hydrogen-bond donors (Lipinski definition) is 2. The summed E-state index contributed by atoms with van der Waals surface area (Å²) in [5, 5.41) is 5.20. The van der Waals surface area contributed by atoms with Gasteiger partial charge in [0.2, 0.25) is 0 Å². The predicted molar refractivity (Wildman–Crippen MR) is 126 cm³/mol. The fourth-order valence-electron chi connectivity index (χ4n) is 3.56. The Balaban J connectivity index is 1.47. The standard InChI is InChI=1S/C26H21F3N2O4/c1-2-34-23-13-16(12-20-19-8-3-4-9-21(19)31-25(20)33)10-11-22(23)35-15-24(32)30-18-7-5-6-17(14-18)26(27,28)29/h3-14H,2,15H2,1H3,(H,30,32)(H,31,33)/b20-12+. The molecule has 1 heterocycles. The molecule has 0 saturated heterocycles. The number of benzene rings is 3. The van der Waals surface area contributed by atoms with E-state index in [1.807, 2.05) is 24.3 Å². The van der Waals surface area contributed by atoms with Gasteiger partial charge in [0.1, 0.15) is 0 Å². The summed E-state index contributed by atoms with van der Waals surface area (Å²) in [5.74, 6) is -0.196. The quantitative estimate of drug-likeness (QED) is 0.429. The van der Waals surface area contributed by atoms with Crippen molar-refractivity contribution in [2.45, 2.75) is 13.1 Å². The van der Waals surface area contributed by atoms with Crippen molar-refractivity contribution in [2.75, 3.05) is 23.8 Å². The number of anilines is 2. The van der Waals surface area contributed by atoms with Crippen molar-refractivity contribution in [3.8, 4) is 11.5 Å². The van der Waals surface area contributed by atoms with Crippen molar-refractivity contribution in [2.24, 2.45) is 0 Å². The Bertz CT molecular complexity index is 1300. The second-order valence-electron chi connectivity index (χ2n) is 7.61. The summed E-state index contributed by atoms with van der Waals surface area (Å²) in [6, 6.07) is 16.7. The highest BCUT2D eigenvalue weighted by Crippen LogP contribution is 2.35. The van der Waals surface area contributed by atoms with Gasteiger partial charge in [-0.15, -0.1) is 0 Å². The molecule has 0 aromatic heterocycles. The topological polar surface area (TPSA) is 76.7 Å². The van der Waals surface area contributed by atoms with Crippen LogP contribution in [0.1, 0.15) is 23.6 Å². The van der Waals surface area contributed by atoms with Gasteiger partial charge in [0.25, 0.3) is 11.8 Å². The van der Waals surface area contributed by atoms with Crippen molar-refractivity contribution in [3.63, 3.8) is 0 Å². The lowest BCUT2D eigenvalue weighted by Gasteiger charge is -2.13. The Labute approximate surface area is 199 Å². The van der Waals surface area contributed by atoms with E-state index in [0.717, 1.165) is 23.4 Å². The zero-order chi connectivity index (χ0) is 25.0. The monoisotopic (exact) mass is 482 g/mol. The summed E-state index contributed by atoms with van der Waals surface area (Å²) in [6.45, 7) is 1.68. The minimum atomic E-state index is -4.51. The number of carbonyl (C=O) groups is 2. The Morgan fingerprint density at radius 2 is 1.80 bits per heavy atom. The van der Waals surface area contributed by atoms with Crippen molar-refractivity contribution in [1.29, 1.82) is 0 Å². The number of alkyl halides is 3. The Morgan fingerprint density at radius 1 is 1.00 bits per heavy atom. The number of rotatable bonds is 7. The normalized spacial score (nSPS) is 13.8. The summed E-state index contributed by atoms with van der Waals surface area (Å²) in [5.41, 5.74) is 1.88. The molecule has 0 atom stereocenters. The molecule has 9 heteroatoms. The molecular weight excluding hydrogens is 461 g/mol. The Hall–Kier alpha value is -4.27. The smallest absolute Gasteiger partial charge is 0.416 e. The fraction of sp³-hybridized carbons (Fsp3) is 0.154. The van der Waals surface area contributed by atoms with Crippen LogP contribution in [0.15, 0.2) is 66.7 Å². The van der Waals surface area contributed by atoms with E-state index in [1.54, 1.807) is 31.2 Å². The third-order valence-electron chi connectivity index (χ3n) is 5.12. The fourth-order valence-corrected chi connectivity index (χ4v) is 3.56. The van der Waals surface area contributed by atoms with Crippen LogP contribution in [0.4, 0.5) is 24.5 Å². The SMILES string of the molecule is CCOc1cc(/C=C2/C(=O)Nc3ccccc32)ccc1OCC(=O)Nc1cccc(C(F)(F)F)c1. The van der Waals surface area contributed by atoms with Crippen LogP contribution in [0, 0.1) is 0 Å². The van der Waals surface area contributed by atoms with Crippen molar-refractivity contribution in [1.82, 2.24) is 0 Å². The van der Waals surface area contributed by atoms with Crippen LogP contribution in [0.3, 0.4) is 0 Å². The van der Waals surface area contributed by atoms with E-state index >= 15 is 0 Å². The molecule has 0 fully saturated rings. The van der Waals surface area contributed by atoms with Crippen LogP contribution in [0.25, 0.3) is 11.6 Å². The van der Waals surface area contributed by atoms with Crippen LogP contribution in [0.5, 0.6) is 11.5 Å². The molecule has 0 radical (unpaired) electrons. The van der Waals surface area contributed by atoms with Gasteiger partial charge in [0, 0.05) is 22.5 Å². The number of fused-ring (bicyclic) bond motifs is 1. The Kier molecular flexibility index (Phi) is 6.77. The number of hydrogen-bond acceptors (Lipinski definition) is 4. The van der Waals surface area contributed by atoms with Gasteiger partial charge in [-0.1, -0.05) is 30.3 Å². The van der Waals surface area contributed by atoms with Gasteiger partial charge in [-0.25, -0.2) is 0 Å². The molecular formula is C26H21F3N2O4. The van der Waals surface area contributed by atoms with E-state index in [9.17, 15) is 22.8 Å². The van der Waals surface area contributed by atoms with E-state index in [2.05, 4.69) is 10.6 Å². The van der Waals surface area contributed by atoms with Crippen LogP contribution in [0.2, 0.25) is 0 Å². The molecule has 35 heavy (non-hydrogen) atoms. The summed E-state index contributed by atoms with van der Waals surface area (Å²) in [7, 11) is 0. The number of ether oxygens (including phenoxy) is 2. The first-order chi connectivity index (χ1) is 16.7. The predicted octanol–water partition coefficient (Wildman–Crippen LogP) is 5.61. The lowest BCUT2D eigenvalue weighted by molar-refractivity contribution is -0.137. The van der Waals surface area contributed by atoms with E-state index in [0.29, 0.717) is 23.5 Å². The molecule has 3 aromatic carbocycles. The molecule has 6 nitrogen and oxygen atoms in total. The minimum Gasteiger partial charge on any atom is -0.490 e. The number of halogens is 3. The molecule has 4 rings (SSSR count). The van der Waals surface area contributed by atoms with Crippen LogP contribution < -0.4 is 20.1 Å². The Morgan fingerprint density at radius 3 is 2.57 bits per heavy atom. The van der Waals surface area contributed by atoms with E-state index in [4.69, 9.17) is 9.47 Å². The first kappa shape index (κ1) is 23.9. The second kappa shape index (κ2) is 9.92. The molecule has 0 aliphatic carbocycles. The number of amides is 2. The van der Waals surface area contributed by atoms with Crippen molar-refractivity contribution < 1.29 is 32.2 Å². The van der Waals surface area contributed by atoms with Crippen LogP contribution >= 0.6 is 0 Å². The average molecular weight is 482 g/mol. The van der Waals surface area contributed by atoms with Gasteiger partial charge < -0.3 is 20.1 Å². The van der Waals surface area contributed by atoms with Gasteiger partial charge >= 0.3 is 6.18 Å². The maximum Gasteiger partial charge on any atom is 0.416 e. The van der Waals surface area contributed by atoms with Crippen LogP contribution in [-0.4, -0.2) is 25.0 Å². The molecule has 3 aromatic rings. The molecule has 2 amide bonds. The highest BCUT2D eigenvalue weighted by atomic mass is 19.4. The third-order valence-corrected chi connectivity index (χ3v) is 5.12. The molecule has 180 valence electrons. The van der Waals surface area contributed by atoms with Gasteiger partial charge in [0.05, 0.1) is 12.2 Å². The maximum atomic E-state index is 12.9. The van der Waals surface area contributed by atoms with Gasteiger partial charge in [0.15, 0.2) is 18.1 Å². The summed E-state index contributed by atoms with van der Waals surface area (Å²) >= 11 is 0. The third kappa shape index (κ3) is 5.63. The van der Waals surface area contributed by atoms with Gasteiger partial charge in [-0.2, -0.15) is 13.2 Å². The largest absolute Gasteiger partial charge is 0.490 e. The molecule has 1 aliphatic rings.